The minimum absolute atomic E-state index is 0.0320. The molecule has 2 heterocycles. The summed E-state index contributed by atoms with van der Waals surface area (Å²) < 4.78 is 15.9. The summed E-state index contributed by atoms with van der Waals surface area (Å²) in [6, 6.07) is 3.84. The minimum atomic E-state index is -0.0320. The average molecular weight is 308 g/mol. The summed E-state index contributed by atoms with van der Waals surface area (Å²) >= 11 is 0. The summed E-state index contributed by atoms with van der Waals surface area (Å²) in [4.78, 5) is 18.3. The van der Waals surface area contributed by atoms with Gasteiger partial charge >= 0.3 is 0 Å². The predicted octanol–water partition coefficient (Wildman–Crippen LogP) is 1.25. The summed E-state index contributed by atoms with van der Waals surface area (Å²) in [5.74, 6) is -0.0320. The normalized spacial score (nSPS) is 17.6. The van der Waals surface area contributed by atoms with E-state index in [0.29, 0.717) is 26.3 Å². The lowest BCUT2D eigenvalue weighted by atomic mass is 10.2. The van der Waals surface area contributed by atoms with Crippen molar-refractivity contribution in [3.63, 3.8) is 0 Å². The van der Waals surface area contributed by atoms with Gasteiger partial charge in [0.2, 0.25) is 5.91 Å². The van der Waals surface area contributed by atoms with Crippen molar-refractivity contribution in [2.45, 2.75) is 25.5 Å². The van der Waals surface area contributed by atoms with E-state index in [2.05, 4.69) is 4.98 Å². The number of ether oxygens (including phenoxy) is 3. The van der Waals surface area contributed by atoms with E-state index >= 15 is 0 Å². The second kappa shape index (κ2) is 9.50. The number of aromatic nitrogens is 1. The van der Waals surface area contributed by atoms with Crippen molar-refractivity contribution in [2.24, 2.45) is 0 Å². The third-order valence-corrected chi connectivity index (χ3v) is 3.55. The van der Waals surface area contributed by atoms with Gasteiger partial charge in [-0.25, -0.2) is 0 Å². The molecule has 0 aliphatic carbocycles. The van der Waals surface area contributed by atoms with Crippen LogP contribution in [0.1, 0.15) is 18.4 Å². The highest BCUT2D eigenvalue weighted by Gasteiger charge is 2.22. The van der Waals surface area contributed by atoms with E-state index in [-0.39, 0.29) is 18.6 Å². The molecule has 1 unspecified atom stereocenters. The Hall–Kier alpha value is -1.50. The summed E-state index contributed by atoms with van der Waals surface area (Å²) in [5.41, 5.74) is 1.01. The Morgan fingerprint density at radius 3 is 3.09 bits per heavy atom. The number of amides is 1. The quantitative estimate of drug-likeness (QED) is 0.643. The molecule has 1 aromatic heterocycles. The lowest BCUT2D eigenvalue weighted by molar-refractivity contribution is -0.138. The van der Waals surface area contributed by atoms with E-state index in [1.54, 1.807) is 24.4 Å². The lowest BCUT2D eigenvalue weighted by Crippen LogP contribution is -2.39. The van der Waals surface area contributed by atoms with E-state index in [1.165, 1.54) is 0 Å². The van der Waals surface area contributed by atoms with Crippen molar-refractivity contribution in [1.82, 2.24) is 9.88 Å². The molecule has 1 amide bonds. The zero-order valence-electron chi connectivity index (χ0n) is 13.1. The molecule has 6 nitrogen and oxygen atoms in total. The number of hydrogen-bond acceptors (Lipinski definition) is 5. The molecular formula is C16H24N2O4. The third-order valence-electron chi connectivity index (χ3n) is 3.55. The van der Waals surface area contributed by atoms with Crippen molar-refractivity contribution < 1.29 is 19.0 Å². The van der Waals surface area contributed by atoms with Crippen molar-refractivity contribution >= 4 is 5.91 Å². The molecule has 0 aromatic carbocycles. The first-order valence-electron chi connectivity index (χ1n) is 7.64. The molecule has 0 spiro atoms. The smallest absolute Gasteiger partial charge is 0.248 e. The Bertz CT molecular complexity index is 435. The van der Waals surface area contributed by atoms with E-state index < -0.39 is 0 Å². The number of hydrogen-bond donors (Lipinski definition) is 0. The van der Waals surface area contributed by atoms with Crippen LogP contribution in [0.15, 0.2) is 24.5 Å². The van der Waals surface area contributed by atoms with Gasteiger partial charge in [-0.15, -0.1) is 0 Å². The Kier molecular flexibility index (Phi) is 7.28. The third kappa shape index (κ3) is 5.71. The van der Waals surface area contributed by atoms with Gasteiger partial charge in [-0.2, -0.15) is 0 Å². The van der Waals surface area contributed by atoms with E-state index in [4.69, 9.17) is 14.2 Å². The number of rotatable bonds is 9. The van der Waals surface area contributed by atoms with Crippen LogP contribution in [0.3, 0.4) is 0 Å². The molecule has 1 aromatic rings. The number of pyridine rings is 1. The van der Waals surface area contributed by atoms with Crippen LogP contribution < -0.4 is 0 Å². The fourth-order valence-electron chi connectivity index (χ4n) is 2.39. The second-order valence-corrected chi connectivity index (χ2v) is 5.32. The number of nitrogens with zero attached hydrogens (tertiary/aromatic N) is 2. The van der Waals surface area contributed by atoms with Crippen LogP contribution in [-0.4, -0.2) is 62.0 Å². The van der Waals surface area contributed by atoms with Gasteiger partial charge in [0, 0.05) is 39.2 Å². The molecule has 6 heteroatoms. The zero-order chi connectivity index (χ0) is 15.6. The second-order valence-electron chi connectivity index (χ2n) is 5.32. The first-order valence-corrected chi connectivity index (χ1v) is 7.64. The molecule has 22 heavy (non-hydrogen) atoms. The number of carbonyl (C=O) groups excluding carboxylic acids is 1. The summed E-state index contributed by atoms with van der Waals surface area (Å²) in [6.07, 6.45) is 5.69. The molecule has 0 radical (unpaired) electrons. The molecule has 2 rings (SSSR count). The molecule has 0 N–H and O–H groups in total. The topological polar surface area (TPSA) is 60.9 Å². The first-order chi connectivity index (χ1) is 10.8. The summed E-state index contributed by atoms with van der Waals surface area (Å²) in [6.45, 7) is 2.88. The SMILES string of the molecule is COCCOCC(=O)N(Cc1cccnc1)CC1CCCO1. The maximum Gasteiger partial charge on any atom is 0.248 e. The molecular weight excluding hydrogens is 284 g/mol. The molecule has 1 saturated heterocycles. The highest BCUT2D eigenvalue weighted by Crippen LogP contribution is 2.15. The summed E-state index contributed by atoms with van der Waals surface area (Å²) in [7, 11) is 1.61. The average Bonchev–Trinajstić information content (AvgIpc) is 3.05. The molecule has 1 fully saturated rings. The molecule has 0 bridgehead atoms. The monoisotopic (exact) mass is 308 g/mol. The highest BCUT2D eigenvalue weighted by molar-refractivity contribution is 5.77. The van der Waals surface area contributed by atoms with Crippen molar-refractivity contribution in [3.05, 3.63) is 30.1 Å². The van der Waals surface area contributed by atoms with Crippen LogP contribution in [0.4, 0.5) is 0 Å². The Balaban J connectivity index is 1.89. The van der Waals surface area contributed by atoms with Crippen molar-refractivity contribution in [3.8, 4) is 0 Å². The largest absolute Gasteiger partial charge is 0.382 e. The Morgan fingerprint density at radius 1 is 1.50 bits per heavy atom. The van der Waals surface area contributed by atoms with Gasteiger partial charge in [0.1, 0.15) is 6.61 Å². The van der Waals surface area contributed by atoms with Gasteiger partial charge in [0.05, 0.1) is 19.3 Å². The molecule has 0 saturated carbocycles. The van der Waals surface area contributed by atoms with Gasteiger partial charge in [-0.1, -0.05) is 6.07 Å². The number of methoxy groups -OCH3 is 1. The van der Waals surface area contributed by atoms with Gasteiger partial charge in [-0.3, -0.25) is 9.78 Å². The van der Waals surface area contributed by atoms with Crippen LogP contribution in [0.25, 0.3) is 0 Å². The van der Waals surface area contributed by atoms with Crippen LogP contribution >= 0.6 is 0 Å². The minimum Gasteiger partial charge on any atom is -0.382 e. The zero-order valence-corrected chi connectivity index (χ0v) is 13.1. The maximum atomic E-state index is 12.4. The van der Waals surface area contributed by atoms with E-state index in [0.717, 1.165) is 25.0 Å². The van der Waals surface area contributed by atoms with E-state index in [9.17, 15) is 4.79 Å². The number of carbonyl (C=O) groups is 1. The van der Waals surface area contributed by atoms with Crippen molar-refractivity contribution in [2.75, 3.05) is 40.1 Å². The highest BCUT2D eigenvalue weighted by atomic mass is 16.5. The molecule has 1 aliphatic rings. The van der Waals surface area contributed by atoms with Crippen LogP contribution in [0.2, 0.25) is 0 Å². The lowest BCUT2D eigenvalue weighted by Gasteiger charge is -2.25. The fourth-order valence-corrected chi connectivity index (χ4v) is 2.39. The molecule has 1 atom stereocenters. The Labute approximate surface area is 131 Å². The standard InChI is InChI=1S/C16H24N2O4/c1-20-8-9-21-13-16(19)18(12-15-5-3-7-22-15)11-14-4-2-6-17-10-14/h2,4,6,10,15H,3,5,7-9,11-13H2,1H3. The predicted molar refractivity (Wildman–Crippen MR) is 81.3 cm³/mol. The van der Waals surface area contributed by atoms with Crippen molar-refractivity contribution in [1.29, 1.82) is 0 Å². The van der Waals surface area contributed by atoms with Gasteiger partial charge < -0.3 is 19.1 Å². The Morgan fingerprint density at radius 2 is 2.41 bits per heavy atom. The fraction of sp³-hybridized carbons (Fsp3) is 0.625. The molecule has 122 valence electrons. The van der Waals surface area contributed by atoms with Gasteiger partial charge in [0.25, 0.3) is 0 Å². The van der Waals surface area contributed by atoms with E-state index in [1.807, 2.05) is 12.1 Å². The van der Waals surface area contributed by atoms with Gasteiger partial charge in [0.15, 0.2) is 0 Å². The van der Waals surface area contributed by atoms with Crippen LogP contribution in [-0.2, 0) is 25.5 Å². The first kappa shape index (κ1) is 16.9. The molecule has 1 aliphatic heterocycles. The van der Waals surface area contributed by atoms with Crippen LogP contribution in [0.5, 0.6) is 0 Å². The van der Waals surface area contributed by atoms with Crippen LogP contribution in [0, 0.1) is 0 Å². The summed E-state index contributed by atoms with van der Waals surface area (Å²) in [5, 5.41) is 0. The van der Waals surface area contributed by atoms with Gasteiger partial charge in [-0.05, 0) is 24.5 Å². The maximum absolute atomic E-state index is 12.4.